The minimum absolute atomic E-state index is 0.0348. The zero-order chi connectivity index (χ0) is 30.9. The van der Waals surface area contributed by atoms with Gasteiger partial charge in [-0.1, -0.05) is 57.5 Å². The van der Waals surface area contributed by atoms with Crippen LogP contribution < -0.4 is 10.1 Å². The summed E-state index contributed by atoms with van der Waals surface area (Å²) in [5.41, 5.74) is 0.837. The van der Waals surface area contributed by atoms with Crippen molar-refractivity contribution in [2.45, 2.75) is 63.5 Å². The van der Waals surface area contributed by atoms with E-state index in [1.807, 2.05) is 44.2 Å². The summed E-state index contributed by atoms with van der Waals surface area (Å²) < 4.78 is 61.0. The molecule has 12 heteroatoms. The number of carbonyl (C=O) groups is 1. The van der Waals surface area contributed by atoms with Gasteiger partial charge in [-0.05, 0) is 55.0 Å². The molecule has 0 radical (unpaired) electrons. The molecule has 0 spiro atoms. The Kier molecular flexibility index (Phi) is 12.4. The second-order valence-electron chi connectivity index (χ2n) is 11.4. The Labute approximate surface area is 251 Å². The number of aliphatic hydroxyl groups is 1. The van der Waals surface area contributed by atoms with Gasteiger partial charge in [0.2, 0.25) is 26.0 Å². The SMILES string of the molecule is COc1ccc(S(=O)(=O)N(CC(C)C)C[C@@H](O)[C@H](Cc2ccccc2)NC(=O)[C@@H](C)CS(=O)(=O)N2CCCCC2)cc1. The van der Waals surface area contributed by atoms with E-state index in [2.05, 4.69) is 5.32 Å². The van der Waals surface area contributed by atoms with Gasteiger partial charge >= 0.3 is 0 Å². The third kappa shape index (κ3) is 9.50. The van der Waals surface area contributed by atoms with Crippen molar-refractivity contribution >= 4 is 26.0 Å². The van der Waals surface area contributed by atoms with Crippen LogP contribution in [-0.2, 0) is 31.3 Å². The molecule has 1 aliphatic rings. The molecule has 2 N–H and O–H groups in total. The Morgan fingerprint density at radius 2 is 1.57 bits per heavy atom. The first-order valence-electron chi connectivity index (χ1n) is 14.5. The van der Waals surface area contributed by atoms with E-state index < -0.39 is 44.0 Å². The highest BCUT2D eigenvalue weighted by Crippen LogP contribution is 2.22. The topological polar surface area (TPSA) is 133 Å². The predicted octanol–water partition coefficient (Wildman–Crippen LogP) is 2.88. The fourth-order valence-electron chi connectivity index (χ4n) is 5.03. The molecule has 3 atom stereocenters. The van der Waals surface area contributed by atoms with Crippen molar-refractivity contribution in [3.8, 4) is 5.75 Å². The molecule has 2 aromatic rings. The van der Waals surface area contributed by atoms with Crippen LogP contribution >= 0.6 is 0 Å². The van der Waals surface area contributed by atoms with Crippen LogP contribution in [0.1, 0.15) is 45.6 Å². The largest absolute Gasteiger partial charge is 0.497 e. The number of aliphatic hydroxyl groups excluding tert-OH is 1. The van der Waals surface area contributed by atoms with Crippen molar-refractivity contribution in [2.24, 2.45) is 11.8 Å². The van der Waals surface area contributed by atoms with Gasteiger partial charge in [-0.2, -0.15) is 4.31 Å². The summed E-state index contributed by atoms with van der Waals surface area (Å²) in [6.45, 7) is 6.14. The summed E-state index contributed by atoms with van der Waals surface area (Å²) in [5.74, 6) is -1.22. The summed E-state index contributed by atoms with van der Waals surface area (Å²) in [6, 6.07) is 14.4. The van der Waals surface area contributed by atoms with E-state index >= 15 is 0 Å². The van der Waals surface area contributed by atoms with Crippen molar-refractivity contribution in [3.63, 3.8) is 0 Å². The molecule has 1 fully saturated rings. The number of benzene rings is 2. The minimum atomic E-state index is -3.98. The number of methoxy groups -OCH3 is 1. The van der Waals surface area contributed by atoms with Gasteiger partial charge in [0.05, 0.1) is 35.8 Å². The molecular weight excluding hydrogens is 578 g/mol. The quantitative estimate of drug-likeness (QED) is 0.312. The molecule has 0 aromatic heterocycles. The number of sulfonamides is 2. The summed E-state index contributed by atoms with van der Waals surface area (Å²) in [6.07, 6.45) is 1.56. The second kappa shape index (κ2) is 15.3. The van der Waals surface area contributed by atoms with Crippen LogP contribution in [0.4, 0.5) is 0 Å². The van der Waals surface area contributed by atoms with Crippen molar-refractivity contribution in [1.82, 2.24) is 13.9 Å². The number of carbonyl (C=O) groups excluding carboxylic acids is 1. The van der Waals surface area contributed by atoms with Crippen LogP contribution in [0.25, 0.3) is 0 Å². The lowest BCUT2D eigenvalue weighted by molar-refractivity contribution is -0.125. The van der Waals surface area contributed by atoms with Crippen molar-refractivity contribution in [2.75, 3.05) is 39.0 Å². The van der Waals surface area contributed by atoms with Crippen LogP contribution in [0.2, 0.25) is 0 Å². The van der Waals surface area contributed by atoms with Gasteiger partial charge in [-0.15, -0.1) is 0 Å². The number of hydrogen-bond donors (Lipinski definition) is 2. The fourth-order valence-corrected chi connectivity index (χ4v) is 8.46. The van der Waals surface area contributed by atoms with E-state index in [1.54, 1.807) is 19.1 Å². The van der Waals surface area contributed by atoms with Crippen LogP contribution in [-0.4, -0.2) is 87.6 Å². The molecule has 42 heavy (non-hydrogen) atoms. The fraction of sp³-hybridized carbons (Fsp3) is 0.567. The third-order valence-electron chi connectivity index (χ3n) is 7.36. The molecule has 3 rings (SSSR count). The zero-order valence-corrected chi connectivity index (χ0v) is 26.6. The number of hydrogen-bond acceptors (Lipinski definition) is 7. The van der Waals surface area contributed by atoms with E-state index in [1.165, 1.54) is 27.9 Å². The van der Waals surface area contributed by atoms with Crippen LogP contribution in [0.15, 0.2) is 59.5 Å². The van der Waals surface area contributed by atoms with Gasteiger partial charge in [-0.25, -0.2) is 21.1 Å². The van der Waals surface area contributed by atoms with E-state index in [9.17, 15) is 26.7 Å². The molecule has 234 valence electrons. The first-order valence-corrected chi connectivity index (χ1v) is 17.5. The maximum Gasteiger partial charge on any atom is 0.243 e. The summed E-state index contributed by atoms with van der Waals surface area (Å²) >= 11 is 0. The number of rotatable bonds is 15. The van der Waals surface area contributed by atoms with Crippen LogP contribution in [0.3, 0.4) is 0 Å². The van der Waals surface area contributed by atoms with Gasteiger partial charge in [0, 0.05) is 26.2 Å². The van der Waals surface area contributed by atoms with Gasteiger partial charge in [0.25, 0.3) is 0 Å². The van der Waals surface area contributed by atoms with E-state index in [0.29, 0.717) is 18.8 Å². The lowest BCUT2D eigenvalue weighted by Crippen LogP contribution is -2.52. The first-order chi connectivity index (χ1) is 19.8. The molecular formula is C30H45N3O7S2. The number of ether oxygens (including phenoxy) is 1. The Balaban J connectivity index is 1.81. The molecule has 0 aliphatic carbocycles. The van der Waals surface area contributed by atoms with Gasteiger partial charge in [0.1, 0.15) is 5.75 Å². The normalized spacial score (nSPS) is 17.1. The second-order valence-corrected chi connectivity index (χ2v) is 15.4. The lowest BCUT2D eigenvalue weighted by Gasteiger charge is -2.31. The molecule has 1 saturated heterocycles. The minimum Gasteiger partial charge on any atom is -0.497 e. The molecule has 0 saturated carbocycles. The van der Waals surface area contributed by atoms with Crippen LogP contribution in [0, 0.1) is 11.8 Å². The van der Waals surface area contributed by atoms with Crippen molar-refractivity contribution in [3.05, 3.63) is 60.2 Å². The highest BCUT2D eigenvalue weighted by Gasteiger charge is 2.33. The van der Waals surface area contributed by atoms with Gasteiger partial charge < -0.3 is 15.2 Å². The predicted molar refractivity (Wildman–Crippen MR) is 163 cm³/mol. The molecule has 0 bridgehead atoms. The smallest absolute Gasteiger partial charge is 0.243 e. The Morgan fingerprint density at radius 1 is 0.952 bits per heavy atom. The zero-order valence-electron chi connectivity index (χ0n) is 25.0. The number of piperidine rings is 1. The molecule has 2 aromatic carbocycles. The number of nitrogens with one attached hydrogen (secondary N) is 1. The van der Waals surface area contributed by atoms with E-state index in [0.717, 1.165) is 24.8 Å². The molecule has 10 nitrogen and oxygen atoms in total. The van der Waals surface area contributed by atoms with Gasteiger partial charge in [-0.3, -0.25) is 4.79 Å². The highest BCUT2D eigenvalue weighted by molar-refractivity contribution is 7.89. The maximum absolute atomic E-state index is 13.6. The molecule has 1 amide bonds. The Hall–Kier alpha value is -2.51. The Bertz CT molecular complexity index is 1350. The molecule has 1 aliphatic heterocycles. The summed E-state index contributed by atoms with van der Waals surface area (Å²) in [7, 11) is -6.10. The van der Waals surface area contributed by atoms with E-state index in [4.69, 9.17) is 4.74 Å². The summed E-state index contributed by atoms with van der Waals surface area (Å²) in [5, 5.41) is 14.3. The van der Waals surface area contributed by atoms with E-state index in [-0.39, 0.29) is 36.1 Å². The summed E-state index contributed by atoms with van der Waals surface area (Å²) in [4.78, 5) is 13.4. The lowest BCUT2D eigenvalue weighted by atomic mass is 10.00. The molecule has 1 heterocycles. The first kappa shape index (κ1) is 34.0. The highest BCUT2D eigenvalue weighted by atomic mass is 32.2. The maximum atomic E-state index is 13.6. The number of amides is 1. The Morgan fingerprint density at radius 3 is 2.14 bits per heavy atom. The average molecular weight is 624 g/mol. The molecule has 0 unspecified atom stereocenters. The monoisotopic (exact) mass is 623 g/mol. The standard InChI is InChI=1S/C30H45N3O7S2/c1-23(2)20-33(42(38,39)27-15-13-26(40-4)14-16-27)21-29(34)28(19-25-11-7-5-8-12-25)31-30(35)24(3)22-41(36,37)32-17-9-6-10-18-32/h5,7-8,11-16,23-24,28-29,34H,6,9-10,17-22H2,1-4H3,(H,31,35)/t24-,28-,29+/m0/s1. The van der Waals surface area contributed by atoms with Gasteiger partial charge in [0.15, 0.2) is 0 Å². The average Bonchev–Trinajstić information content (AvgIpc) is 2.97. The third-order valence-corrected chi connectivity index (χ3v) is 11.3. The van der Waals surface area contributed by atoms with Crippen molar-refractivity contribution in [1.29, 1.82) is 0 Å². The number of nitrogens with zero attached hydrogens (tertiary/aromatic N) is 2. The van der Waals surface area contributed by atoms with Crippen LogP contribution in [0.5, 0.6) is 5.75 Å². The van der Waals surface area contributed by atoms with Crippen molar-refractivity contribution < 1.29 is 31.5 Å².